The Morgan fingerprint density at radius 2 is 1.96 bits per heavy atom. The number of nitrogens with one attached hydrogen (secondary N) is 2. The van der Waals surface area contributed by atoms with Crippen LogP contribution >= 0.6 is 0 Å². The second-order valence-corrected chi connectivity index (χ2v) is 5.60. The number of aromatic nitrogens is 3. The molecule has 8 heteroatoms. The van der Waals surface area contributed by atoms with Crippen LogP contribution in [0.2, 0.25) is 0 Å². The normalized spacial score (nSPS) is 14.2. The van der Waals surface area contributed by atoms with Gasteiger partial charge in [-0.2, -0.15) is 18.3 Å². The number of rotatable bonds is 6. The molecule has 5 nitrogen and oxygen atoms in total. The van der Waals surface area contributed by atoms with Gasteiger partial charge in [-0.3, -0.25) is 9.89 Å². The fraction of sp³-hybridized carbons (Fsp3) is 0.438. The largest absolute Gasteiger partial charge is 0.416 e. The molecule has 1 amide bonds. The first-order valence-corrected chi connectivity index (χ1v) is 7.63. The monoisotopic (exact) mass is 340 g/mol. The number of amides is 1. The van der Waals surface area contributed by atoms with E-state index in [4.69, 9.17) is 0 Å². The SMILES string of the molecule is CC[C@H](Cc1ccc(C(F)(F)F)cc1)C(=O)N[C@@H](C)c1ncn[nH]1. The standard InChI is InChI=1S/C16H19F3N4O/c1-3-12(15(24)22-10(2)14-20-9-21-23-14)8-11-4-6-13(7-5-11)16(17,18)19/h4-7,9-10,12H,3,8H2,1-2H3,(H,22,24)(H,20,21,23)/t10-,12+/m0/s1. The number of nitrogens with zero attached hydrogens (tertiary/aromatic N) is 2. The molecule has 0 spiro atoms. The van der Waals surface area contributed by atoms with Crippen LogP contribution in [0.15, 0.2) is 30.6 Å². The minimum absolute atomic E-state index is 0.165. The summed E-state index contributed by atoms with van der Waals surface area (Å²) in [6, 6.07) is 4.59. The Hall–Kier alpha value is -2.38. The first-order valence-electron chi connectivity index (χ1n) is 7.63. The Kier molecular flexibility index (Phi) is 5.58. The van der Waals surface area contributed by atoms with Crippen molar-refractivity contribution in [2.75, 3.05) is 0 Å². The number of alkyl halides is 3. The van der Waals surface area contributed by atoms with Crippen LogP contribution in [0.3, 0.4) is 0 Å². The quantitative estimate of drug-likeness (QED) is 0.848. The van der Waals surface area contributed by atoms with Gasteiger partial charge in [-0.15, -0.1) is 0 Å². The average Bonchev–Trinajstić information content (AvgIpc) is 3.06. The van der Waals surface area contributed by atoms with Crippen LogP contribution in [-0.2, 0) is 17.4 Å². The summed E-state index contributed by atoms with van der Waals surface area (Å²) in [7, 11) is 0. The minimum atomic E-state index is -4.35. The predicted molar refractivity (Wildman–Crippen MR) is 81.9 cm³/mol. The van der Waals surface area contributed by atoms with Crippen molar-refractivity contribution < 1.29 is 18.0 Å². The number of hydrogen-bond donors (Lipinski definition) is 2. The Balaban J connectivity index is 1.99. The van der Waals surface area contributed by atoms with Crippen molar-refractivity contribution in [3.05, 3.63) is 47.5 Å². The fourth-order valence-corrected chi connectivity index (χ4v) is 2.36. The lowest BCUT2D eigenvalue weighted by Crippen LogP contribution is -2.34. The lowest BCUT2D eigenvalue weighted by Gasteiger charge is -2.18. The van der Waals surface area contributed by atoms with Crippen LogP contribution in [0, 0.1) is 5.92 Å². The molecule has 0 aliphatic carbocycles. The zero-order valence-corrected chi connectivity index (χ0v) is 13.4. The molecule has 130 valence electrons. The molecule has 0 saturated heterocycles. The summed E-state index contributed by atoms with van der Waals surface area (Å²) in [5.41, 5.74) is 0.00000918. The molecule has 2 aromatic rings. The van der Waals surface area contributed by atoms with Crippen molar-refractivity contribution in [1.29, 1.82) is 0 Å². The Morgan fingerprint density at radius 3 is 2.46 bits per heavy atom. The molecular weight excluding hydrogens is 321 g/mol. The number of benzene rings is 1. The topological polar surface area (TPSA) is 70.7 Å². The highest BCUT2D eigenvalue weighted by atomic mass is 19.4. The first kappa shape index (κ1) is 18.0. The lowest BCUT2D eigenvalue weighted by atomic mass is 9.95. The minimum Gasteiger partial charge on any atom is -0.346 e. The summed E-state index contributed by atoms with van der Waals surface area (Å²) in [5, 5.41) is 9.26. The second kappa shape index (κ2) is 7.46. The Labute approximate surface area is 137 Å². The van der Waals surface area contributed by atoms with Crippen molar-refractivity contribution in [1.82, 2.24) is 20.5 Å². The highest BCUT2D eigenvalue weighted by Gasteiger charge is 2.30. The third kappa shape index (κ3) is 4.56. The third-order valence-corrected chi connectivity index (χ3v) is 3.83. The van der Waals surface area contributed by atoms with Gasteiger partial charge in [0, 0.05) is 5.92 Å². The van der Waals surface area contributed by atoms with Gasteiger partial charge in [0.05, 0.1) is 11.6 Å². The summed E-state index contributed by atoms with van der Waals surface area (Å²) in [4.78, 5) is 16.3. The number of H-pyrrole nitrogens is 1. The number of aromatic amines is 1. The van der Waals surface area contributed by atoms with Crippen LogP contribution in [-0.4, -0.2) is 21.1 Å². The van der Waals surface area contributed by atoms with E-state index in [1.54, 1.807) is 6.92 Å². The van der Waals surface area contributed by atoms with Gasteiger partial charge < -0.3 is 5.32 Å². The molecule has 0 unspecified atom stereocenters. The van der Waals surface area contributed by atoms with E-state index in [1.165, 1.54) is 18.5 Å². The van der Waals surface area contributed by atoms with Crippen molar-refractivity contribution in [3.63, 3.8) is 0 Å². The third-order valence-electron chi connectivity index (χ3n) is 3.83. The molecule has 0 aliphatic heterocycles. The summed E-state index contributed by atoms with van der Waals surface area (Å²) in [5.74, 6) is 0.0566. The molecule has 1 aromatic carbocycles. The molecule has 1 aromatic heterocycles. The van der Waals surface area contributed by atoms with Crippen molar-refractivity contribution >= 4 is 5.91 Å². The Bertz CT molecular complexity index is 653. The predicted octanol–water partition coefficient (Wildman–Crippen LogP) is 3.27. The maximum Gasteiger partial charge on any atom is 0.416 e. The van der Waals surface area contributed by atoms with Gasteiger partial charge >= 0.3 is 6.18 Å². The van der Waals surface area contributed by atoms with E-state index in [0.717, 1.165) is 12.1 Å². The van der Waals surface area contributed by atoms with Gasteiger partial charge in [-0.05, 0) is 37.5 Å². The second-order valence-electron chi connectivity index (χ2n) is 5.60. The zero-order chi connectivity index (χ0) is 17.7. The van der Waals surface area contributed by atoms with Gasteiger partial charge in [0.1, 0.15) is 12.2 Å². The fourth-order valence-electron chi connectivity index (χ4n) is 2.36. The van der Waals surface area contributed by atoms with Crippen molar-refractivity contribution in [2.45, 2.75) is 38.9 Å². The number of carbonyl (C=O) groups is 1. The van der Waals surface area contributed by atoms with Crippen LogP contribution in [0.1, 0.15) is 43.3 Å². The van der Waals surface area contributed by atoms with E-state index in [2.05, 4.69) is 20.5 Å². The molecular formula is C16H19F3N4O. The molecule has 0 saturated carbocycles. The van der Waals surface area contributed by atoms with E-state index in [0.29, 0.717) is 24.2 Å². The van der Waals surface area contributed by atoms with Crippen LogP contribution in [0.5, 0.6) is 0 Å². The summed E-state index contributed by atoms with van der Waals surface area (Å²) in [6.07, 6.45) is -2.04. The lowest BCUT2D eigenvalue weighted by molar-refractivity contribution is -0.137. The van der Waals surface area contributed by atoms with Gasteiger partial charge in [0.2, 0.25) is 5.91 Å². The van der Waals surface area contributed by atoms with E-state index < -0.39 is 11.7 Å². The molecule has 24 heavy (non-hydrogen) atoms. The summed E-state index contributed by atoms with van der Waals surface area (Å²) in [6.45, 7) is 3.65. The first-order chi connectivity index (χ1) is 11.3. The molecule has 0 aliphatic rings. The molecule has 1 heterocycles. The number of hydrogen-bond acceptors (Lipinski definition) is 3. The zero-order valence-electron chi connectivity index (χ0n) is 13.4. The number of halogens is 3. The van der Waals surface area contributed by atoms with Gasteiger partial charge in [-0.25, -0.2) is 4.98 Å². The van der Waals surface area contributed by atoms with Crippen LogP contribution < -0.4 is 5.32 Å². The van der Waals surface area contributed by atoms with Crippen LogP contribution in [0.4, 0.5) is 13.2 Å². The molecule has 2 rings (SSSR count). The van der Waals surface area contributed by atoms with Crippen LogP contribution in [0.25, 0.3) is 0 Å². The van der Waals surface area contributed by atoms with E-state index in [9.17, 15) is 18.0 Å². The van der Waals surface area contributed by atoms with Crippen molar-refractivity contribution in [3.8, 4) is 0 Å². The van der Waals surface area contributed by atoms with Crippen molar-refractivity contribution in [2.24, 2.45) is 5.92 Å². The molecule has 2 atom stereocenters. The highest BCUT2D eigenvalue weighted by molar-refractivity contribution is 5.79. The molecule has 2 N–H and O–H groups in total. The molecule has 0 fully saturated rings. The van der Waals surface area contributed by atoms with E-state index >= 15 is 0 Å². The van der Waals surface area contributed by atoms with Gasteiger partial charge in [0.15, 0.2) is 0 Å². The van der Waals surface area contributed by atoms with E-state index in [1.807, 2.05) is 6.92 Å². The van der Waals surface area contributed by atoms with Gasteiger partial charge in [0.25, 0.3) is 0 Å². The number of carbonyl (C=O) groups excluding carboxylic acids is 1. The van der Waals surface area contributed by atoms with E-state index in [-0.39, 0.29) is 17.9 Å². The average molecular weight is 340 g/mol. The maximum atomic E-state index is 12.6. The summed E-state index contributed by atoms with van der Waals surface area (Å²) >= 11 is 0. The van der Waals surface area contributed by atoms with Gasteiger partial charge in [-0.1, -0.05) is 19.1 Å². The maximum absolute atomic E-state index is 12.6. The Morgan fingerprint density at radius 1 is 1.29 bits per heavy atom. The highest BCUT2D eigenvalue weighted by Crippen LogP contribution is 2.29. The molecule has 0 radical (unpaired) electrons. The summed E-state index contributed by atoms with van der Waals surface area (Å²) < 4.78 is 37.7. The molecule has 0 bridgehead atoms. The smallest absolute Gasteiger partial charge is 0.346 e.